The number of rotatable bonds is 9. The van der Waals surface area contributed by atoms with E-state index in [4.69, 9.17) is 9.47 Å². The number of aromatic nitrogens is 2. The van der Waals surface area contributed by atoms with E-state index >= 15 is 0 Å². The third kappa shape index (κ3) is 5.77. The summed E-state index contributed by atoms with van der Waals surface area (Å²) in [5.41, 5.74) is 5.03. The molecular formula is C32H31N3O5S2. The lowest BCUT2D eigenvalue weighted by Crippen LogP contribution is -2.29. The number of aliphatic hydroxyl groups is 1. The Morgan fingerprint density at radius 1 is 0.976 bits per heavy atom. The van der Waals surface area contributed by atoms with E-state index in [0.717, 1.165) is 16.7 Å². The van der Waals surface area contributed by atoms with Gasteiger partial charge in [-0.3, -0.25) is 14.5 Å². The second-order valence-electron chi connectivity index (χ2n) is 9.96. The summed E-state index contributed by atoms with van der Waals surface area (Å²) in [7, 11) is 1.52. The van der Waals surface area contributed by atoms with Gasteiger partial charge in [0, 0.05) is 11.3 Å². The molecule has 1 N–H and O–H groups in total. The number of ketones is 1. The average Bonchev–Trinajstić information content (AvgIpc) is 3.56. The molecule has 8 nitrogen and oxygen atoms in total. The van der Waals surface area contributed by atoms with Crippen LogP contribution < -0.4 is 14.4 Å². The van der Waals surface area contributed by atoms with Crippen molar-refractivity contribution in [1.82, 2.24) is 10.2 Å². The van der Waals surface area contributed by atoms with Crippen LogP contribution in [0.3, 0.4) is 0 Å². The number of benzene rings is 3. The Balaban J connectivity index is 1.60. The fraction of sp³-hybridized carbons (Fsp3) is 0.250. The molecule has 1 atom stereocenters. The molecule has 1 fully saturated rings. The number of hydrogen-bond acceptors (Lipinski definition) is 9. The number of anilines is 1. The molecule has 2 heterocycles. The van der Waals surface area contributed by atoms with Gasteiger partial charge in [-0.15, -0.1) is 10.2 Å². The fourth-order valence-corrected chi connectivity index (χ4v) is 6.62. The van der Waals surface area contributed by atoms with Crippen molar-refractivity contribution in [2.24, 2.45) is 0 Å². The van der Waals surface area contributed by atoms with E-state index in [-0.39, 0.29) is 16.5 Å². The highest BCUT2D eigenvalue weighted by molar-refractivity contribution is 8.00. The highest BCUT2D eigenvalue weighted by atomic mass is 32.2. The molecule has 0 aliphatic carbocycles. The number of thioether (sulfide) groups is 1. The van der Waals surface area contributed by atoms with Crippen LogP contribution in [0.4, 0.5) is 5.13 Å². The van der Waals surface area contributed by atoms with Crippen LogP contribution >= 0.6 is 23.1 Å². The van der Waals surface area contributed by atoms with Gasteiger partial charge in [0.05, 0.1) is 25.3 Å². The summed E-state index contributed by atoms with van der Waals surface area (Å²) in [4.78, 5) is 28.6. The van der Waals surface area contributed by atoms with Crippen LogP contribution in [0.15, 0.2) is 70.6 Å². The highest BCUT2D eigenvalue weighted by Crippen LogP contribution is 2.46. The first-order chi connectivity index (χ1) is 20.2. The minimum atomic E-state index is -0.961. The monoisotopic (exact) mass is 601 g/mol. The summed E-state index contributed by atoms with van der Waals surface area (Å²) >= 11 is 2.73. The van der Waals surface area contributed by atoms with Gasteiger partial charge in [-0.05, 0) is 62.6 Å². The van der Waals surface area contributed by atoms with Gasteiger partial charge in [-0.25, -0.2) is 0 Å². The minimum Gasteiger partial charge on any atom is -0.507 e. The van der Waals surface area contributed by atoms with Crippen molar-refractivity contribution in [3.8, 4) is 11.5 Å². The second kappa shape index (κ2) is 12.4. The molecule has 10 heteroatoms. The maximum atomic E-state index is 13.6. The summed E-state index contributed by atoms with van der Waals surface area (Å²) in [5, 5.41) is 20.5. The van der Waals surface area contributed by atoms with Gasteiger partial charge in [-0.1, -0.05) is 76.7 Å². The van der Waals surface area contributed by atoms with E-state index in [1.165, 1.54) is 40.7 Å². The number of hydrogen-bond donors (Lipinski definition) is 1. The van der Waals surface area contributed by atoms with Crippen LogP contribution in [0.2, 0.25) is 0 Å². The Morgan fingerprint density at radius 3 is 2.43 bits per heavy atom. The van der Waals surface area contributed by atoms with Crippen molar-refractivity contribution in [3.05, 3.63) is 99.6 Å². The molecule has 5 rings (SSSR count). The molecule has 42 heavy (non-hydrogen) atoms. The van der Waals surface area contributed by atoms with Gasteiger partial charge in [0.15, 0.2) is 15.8 Å². The van der Waals surface area contributed by atoms with E-state index in [9.17, 15) is 14.7 Å². The standard InChI is InChI=1S/C32H31N3O5S2/c1-6-40-24-14-13-22(16-25(24)39-5)27-26(28(36)23-15-19(3)7-10-20(23)4)29(37)30(38)35(27)31-33-34-32(42-31)41-17-21-11-8-18(2)9-12-21/h7-16,27,36H,6,17H2,1-5H3/b28-26+. The molecule has 1 saturated heterocycles. The quantitative estimate of drug-likeness (QED) is 0.0736. The Labute approximate surface area is 253 Å². The van der Waals surface area contributed by atoms with Crippen molar-refractivity contribution in [1.29, 1.82) is 0 Å². The molecule has 1 aliphatic rings. The van der Waals surface area contributed by atoms with Gasteiger partial charge in [0.1, 0.15) is 5.76 Å². The molecule has 1 unspecified atom stereocenters. The maximum absolute atomic E-state index is 13.6. The van der Waals surface area contributed by atoms with Crippen LogP contribution in [0.25, 0.3) is 5.76 Å². The topological polar surface area (TPSA) is 102 Å². The Bertz CT molecular complexity index is 1680. The third-order valence-corrected chi connectivity index (χ3v) is 9.11. The molecule has 216 valence electrons. The molecule has 1 aromatic heterocycles. The molecular weight excluding hydrogens is 571 g/mol. The summed E-state index contributed by atoms with van der Waals surface area (Å²) in [6.45, 7) is 8.10. The predicted octanol–water partition coefficient (Wildman–Crippen LogP) is 6.79. The van der Waals surface area contributed by atoms with Gasteiger partial charge in [-0.2, -0.15) is 0 Å². The van der Waals surface area contributed by atoms with Crippen molar-refractivity contribution in [3.63, 3.8) is 0 Å². The zero-order valence-electron chi connectivity index (χ0n) is 24.0. The summed E-state index contributed by atoms with van der Waals surface area (Å²) in [5.74, 6) is -0.172. The van der Waals surface area contributed by atoms with Gasteiger partial charge < -0.3 is 14.6 Å². The van der Waals surface area contributed by atoms with E-state index in [2.05, 4.69) is 34.5 Å². The van der Waals surface area contributed by atoms with Gasteiger partial charge >= 0.3 is 5.91 Å². The lowest BCUT2D eigenvalue weighted by atomic mass is 9.93. The molecule has 0 spiro atoms. The first-order valence-corrected chi connectivity index (χ1v) is 15.2. The normalized spacial score (nSPS) is 16.2. The van der Waals surface area contributed by atoms with Crippen molar-refractivity contribution in [2.45, 2.75) is 43.8 Å². The Morgan fingerprint density at radius 2 is 1.71 bits per heavy atom. The first kappa shape index (κ1) is 29.3. The molecule has 3 aromatic carbocycles. The largest absolute Gasteiger partial charge is 0.507 e. The van der Waals surface area contributed by atoms with Gasteiger partial charge in [0.25, 0.3) is 5.78 Å². The number of methoxy groups -OCH3 is 1. The smallest absolute Gasteiger partial charge is 0.301 e. The van der Waals surface area contributed by atoms with Crippen molar-refractivity contribution in [2.75, 3.05) is 18.6 Å². The van der Waals surface area contributed by atoms with Crippen LogP contribution in [0.5, 0.6) is 11.5 Å². The fourth-order valence-electron chi connectivity index (χ4n) is 4.80. The zero-order valence-corrected chi connectivity index (χ0v) is 25.6. The third-order valence-electron chi connectivity index (χ3n) is 6.98. The number of Topliss-reactive ketones (excluding diaryl/α,β-unsaturated/α-hetero) is 1. The number of ether oxygens (including phenoxy) is 2. The molecule has 0 bridgehead atoms. The molecule has 1 amide bonds. The van der Waals surface area contributed by atoms with Crippen molar-refractivity contribution < 1.29 is 24.2 Å². The molecule has 1 aliphatic heterocycles. The number of nitrogens with zero attached hydrogens (tertiary/aromatic N) is 3. The molecule has 0 radical (unpaired) electrons. The minimum absolute atomic E-state index is 0.0241. The number of aliphatic hydroxyl groups excluding tert-OH is 1. The predicted molar refractivity (Wildman–Crippen MR) is 166 cm³/mol. The van der Waals surface area contributed by atoms with E-state index in [1.54, 1.807) is 24.3 Å². The number of carbonyl (C=O) groups excluding carboxylic acids is 2. The van der Waals surface area contributed by atoms with E-state index in [0.29, 0.717) is 39.3 Å². The summed E-state index contributed by atoms with van der Waals surface area (Å²) in [6, 6.07) is 18.1. The lowest BCUT2D eigenvalue weighted by molar-refractivity contribution is -0.132. The summed E-state index contributed by atoms with van der Waals surface area (Å²) in [6.07, 6.45) is 0. The lowest BCUT2D eigenvalue weighted by Gasteiger charge is -2.23. The number of amides is 1. The zero-order chi connectivity index (χ0) is 30.0. The molecule has 4 aromatic rings. The second-order valence-corrected chi connectivity index (χ2v) is 12.1. The Hall–Kier alpha value is -4.15. The SMILES string of the molecule is CCOc1ccc(C2/C(=C(\O)c3cc(C)ccc3C)C(=O)C(=O)N2c2nnc(SCc3ccc(C)cc3)s2)cc1OC. The number of aryl methyl sites for hydroxylation is 3. The van der Waals surface area contributed by atoms with Crippen LogP contribution in [0.1, 0.15) is 46.3 Å². The summed E-state index contributed by atoms with van der Waals surface area (Å²) < 4.78 is 11.9. The average molecular weight is 602 g/mol. The van der Waals surface area contributed by atoms with Crippen LogP contribution in [-0.4, -0.2) is 40.7 Å². The number of carbonyl (C=O) groups is 2. The Kier molecular flexibility index (Phi) is 8.65. The van der Waals surface area contributed by atoms with Crippen molar-refractivity contribution >= 4 is 45.7 Å². The first-order valence-electron chi connectivity index (χ1n) is 13.4. The maximum Gasteiger partial charge on any atom is 0.301 e. The van der Waals surface area contributed by atoms with Crippen LogP contribution in [0, 0.1) is 20.8 Å². The van der Waals surface area contributed by atoms with Crippen LogP contribution in [-0.2, 0) is 15.3 Å². The van der Waals surface area contributed by atoms with Gasteiger partial charge in [0.2, 0.25) is 5.13 Å². The van der Waals surface area contributed by atoms with E-state index in [1.807, 2.05) is 39.8 Å². The van der Waals surface area contributed by atoms with E-state index < -0.39 is 17.7 Å². The molecule has 0 saturated carbocycles. The highest BCUT2D eigenvalue weighted by Gasteiger charge is 2.48.